The largest absolute Gasteiger partial charge is 0.496 e. The summed E-state index contributed by atoms with van der Waals surface area (Å²) in [7, 11) is -1.95. The number of hydrogen-bond acceptors (Lipinski definition) is 3. The van der Waals surface area contributed by atoms with Crippen LogP contribution in [0.2, 0.25) is 0 Å². The second kappa shape index (κ2) is 7.70. The summed E-state index contributed by atoms with van der Waals surface area (Å²) in [6.07, 6.45) is 6.92. The molecule has 0 saturated heterocycles. The van der Waals surface area contributed by atoms with Gasteiger partial charge in [0.1, 0.15) is 5.75 Å². The van der Waals surface area contributed by atoms with E-state index < -0.39 is 10.0 Å². The van der Waals surface area contributed by atoms with E-state index in [0.29, 0.717) is 11.4 Å². The lowest BCUT2D eigenvalue weighted by molar-refractivity contribution is 0.269. The quantitative estimate of drug-likeness (QED) is 0.724. The molecule has 0 amide bonds. The van der Waals surface area contributed by atoms with Gasteiger partial charge in [-0.3, -0.25) is 0 Å². The third-order valence-corrected chi connectivity index (χ3v) is 7.26. The van der Waals surface area contributed by atoms with Crippen molar-refractivity contribution < 1.29 is 13.2 Å². The van der Waals surface area contributed by atoms with Crippen LogP contribution in [0.3, 0.4) is 0 Å². The molecule has 1 aliphatic rings. The van der Waals surface area contributed by atoms with E-state index >= 15 is 0 Å². The third kappa shape index (κ3) is 3.52. The van der Waals surface area contributed by atoms with Gasteiger partial charge in [0.2, 0.25) is 10.0 Å². The Labute approximate surface area is 146 Å². The second-order valence-corrected chi connectivity index (χ2v) is 8.46. The second-order valence-electron chi connectivity index (χ2n) is 6.63. The maximum atomic E-state index is 13.5. The minimum Gasteiger partial charge on any atom is -0.496 e. The van der Waals surface area contributed by atoms with Crippen LogP contribution in [0.5, 0.6) is 5.75 Å². The normalized spacial score (nSPS) is 16.4. The number of nitrogens with zero attached hydrogens (tertiary/aromatic N) is 1. The Morgan fingerprint density at radius 3 is 2.38 bits per heavy atom. The van der Waals surface area contributed by atoms with Crippen LogP contribution in [-0.2, 0) is 10.0 Å². The molecule has 0 aliphatic heterocycles. The summed E-state index contributed by atoms with van der Waals surface area (Å²) < 4.78 is 33.9. The van der Waals surface area contributed by atoms with Gasteiger partial charge in [-0.2, -0.15) is 4.31 Å². The molecule has 0 atom stereocenters. The first-order valence-corrected chi connectivity index (χ1v) is 10.1. The number of rotatable bonds is 6. The lowest BCUT2D eigenvalue weighted by atomic mass is 9.95. The highest BCUT2D eigenvalue weighted by Gasteiger charge is 2.34. The first-order chi connectivity index (χ1) is 11.3. The van der Waals surface area contributed by atoms with E-state index in [0.717, 1.165) is 48.1 Å². The highest BCUT2D eigenvalue weighted by molar-refractivity contribution is 7.89. The van der Waals surface area contributed by atoms with Crippen molar-refractivity contribution >= 4 is 10.0 Å². The Kier molecular flexibility index (Phi) is 6.10. The molecule has 1 saturated carbocycles. The highest BCUT2D eigenvalue weighted by atomic mass is 32.2. The number of benzene rings is 1. The summed E-state index contributed by atoms with van der Waals surface area (Å²) >= 11 is 0. The van der Waals surface area contributed by atoms with Crippen molar-refractivity contribution in [1.82, 2.24) is 4.31 Å². The van der Waals surface area contributed by atoms with Gasteiger partial charge in [0.05, 0.1) is 12.0 Å². The van der Waals surface area contributed by atoms with Crippen LogP contribution in [0.4, 0.5) is 0 Å². The van der Waals surface area contributed by atoms with E-state index in [9.17, 15) is 8.42 Å². The standard InChI is InChI=1S/C19H29NO3S/c1-6-12-20(17-10-8-7-9-11-17)24(21,22)19-14(2)13-18(23-5)15(3)16(19)4/h6,13,17H,1,7-12H2,2-5H3. The summed E-state index contributed by atoms with van der Waals surface area (Å²) in [5, 5.41) is 0. The van der Waals surface area contributed by atoms with E-state index in [1.807, 2.05) is 26.8 Å². The predicted molar refractivity (Wildman–Crippen MR) is 98.2 cm³/mol. The molecular formula is C19H29NO3S. The van der Waals surface area contributed by atoms with Crippen LogP contribution in [0.15, 0.2) is 23.6 Å². The molecule has 1 fully saturated rings. The van der Waals surface area contributed by atoms with Crippen LogP contribution >= 0.6 is 0 Å². The molecule has 1 aliphatic carbocycles. The van der Waals surface area contributed by atoms with E-state index in [1.165, 1.54) is 6.42 Å². The summed E-state index contributed by atoms with van der Waals surface area (Å²) in [6.45, 7) is 9.74. The Morgan fingerprint density at radius 2 is 1.83 bits per heavy atom. The minimum atomic E-state index is -3.57. The van der Waals surface area contributed by atoms with Gasteiger partial charge in [0, 0.05) is 12.6 Å². The van der Waals surface area contributed by atoms with Crippen molar-refractivity contribution in [3.05, 3.63) is 35.4 Å². The summed E-state index contributed by atoms with van der Waals surface area (Å²) in [5.41, 5.74) is 2.39. The Balaban J connectivity index is 2.54. The molecule has 24 heavy (non-hydrogen) atoms. The van der Waals surface area contributed by atoms with Crippen LogP contribution in [-0.4, -0.2) is 32.4 Å². The van der Waals surface area contributed by atoms with Crippen molar-refractivity contribution in [2.45, 2.75) is 63.8 Å². The van der Waals surface area contributed by atoms with Gasteiger partial charge >= 0.3 is 0 Å². The number of hydrogen-bond donors (Lipinski definition) is 0. The summed E-state index contributed by atoms with van der Waals surface area (Å²) in [6, 6.07) is 1.89. The van der Waals surface area contributed by atoms with E-state index in [2.05, 4.69) is 6.58 Å². The fourth-order valence-electron chi connectivity index (χ4n) is 3.69. The Bertz CT molecular complexity index is 704. The van der Waals surface area contributed by atoms with Gasteiger partial charge in [0.15, 0.2) is 0 Å². The molecule has 134 valence electrons. The van der Waals surface area contributed by atoms with Crippen molar-refractivity contribution in [1.29, 1.82) is 0 Å². The van der Waals surface area contributed by atoms with Crippen LogP contribution in [0.25, 0.3) is 0 Å². The van der Waals surface area contributed by atoms with Crippen molar-refractivity contribution in [2.24, 2.45) is 0 Å². The average Bonchev–Trinajstić information content (AvgIpc) is 2.56. The molecule has 1 aromatic rings. The van der Waals surface area contributed by atoms with Crippen LogP contribution in [0, 0.1) is 20.8 Å². The van der Waals surface area contributed by atoms with E-state index in [-0.39, 0.29) is 6.04 Å². The molecule has 4 nitrogen and oxygen atoms in total. The lowest BCUT2D eigenvalue weighted by Gasteiger charge is -2.33. The Morgan fingerprint density at radius 1 is 1.21 bits per heavy atom. The fourth-order valence-corrected chi connectivity index (χ4v) is 5.83. The number of methoxy groups -OCH3 is 1. The first-order valence-electron chi connectivity index (χ1n) is 8.62. The molecule has 1 aromatic carbocycles. The van der Waals surface area contributed by atoms with Gasteiger partial charge in [-0.05, 0) is 56.4 Å². The van der Waals surface area contributed by atoms with E-state index in [4.69, 9.17) is 4.74 Å². The molecule has 0 unspecified atom stereocenters. The zero-order valence-corrected chi connectivity index (χ0v) is 16.1. The van der Waals surface area contributed by atoms with Gasteiger partial charge in [-0.15, -0.1) is 6.58 Å². The fraction of sp³-hybridized carbons (Fsp3) is 0.579. The number of ether oxygens (including phenoxy) is 1. The predicted octanol–water partition coefficient (Wildman–Crippen LogP) is 4.13. The number of sulfonamides is 1. The van der Waals surface area contributed by atoms with Crippen LogP contribution < -0.4 is 4.74 Å². The minimum absolute atomic E-state index is 0.0722. The molecule has 0 radical (unpaired) electrons. The zero-order valence-electron chi connectivity index (χ0n) is 15.3. The molecule has 0 heterocycles. The molecule has 0 aromatic heterocycles. The lowest BCUT2D eigenvalue weighted by Crippen LogP contribution is -2.42. The van der Waals surface area contributed by atoms with Gasteiger partial charge in [-0.1, -0.05) is 25.3 Å². The Hall–Kier alpha value is -1.33. The van der Waals surface area contributed by atoms with Gasteiger partial charge < -0.3 is 4.74 Å². The summed E-state index contributed by atoms with van der Waals surface area (Å²) in [5.74, 6) is 0.733. The molecule has 5 heteroatoms. The zero-order chi connectivity index (χ0) is 17.9. The highest BCUT2D eigenvalue weighted by Crippen LogP contribution is 2.34. The third-order valence-electron chi connectivity index (χ3n) is 5.06. The molecule has 0 spiro atoms. The topological polar surface area (TPSA) is 46.6 Å². The first kappa shape index (κ1) is 19.0. The SMILES string of the molecule is C=CCN(C1CCCCC1)S(=O)(=O)c1c(C)cc(OC)c(C)c1C. The average molecular weight is 352 g/mol. The van der Waals surface area contributed by atoms with Gasteiger partial charge in [-0.25, -0.2) is 8.42 Å². The van der Waals surface area contributed by atoms with Gasteiger partial charge in [0.25, 0.3) is 0 Å². The van der Waals surface area contributed by atoms with Crippen molar-refractivity contribution in [3.63, 3.8) is 0 Å². The maximum absolute atomic E-state index is 13.5. The maximum Gasteiger partial charge on any atom is 0.244 e. The molecule has 0 N–H and O–H groups in total. The number of aryl methyl sites for hydroxylation is 1. The molecule has 2 rings (SSSR count). The smallest absolute Gasteiger partial charge is 0.244 e. The van der Waals surface area contributed by atoms with Crippen molar-refractivity contribution in [2.75, 3.05) is 13.7 Å². The summed E-state index contributed by atoms with van der Waals surface area (Å²) in [4.78, 5) is 0.424. The van der Waals surface area contributed by atoms with Crippen molar-refractivity contribution in [3.8, 4) is 5.75 Å². The molecule has 0 bridgehead atoms. The van der Waals surface area contributed by atoms with E-state index in [1.54, 1.807) is 17.5 Å². The monoisotopic (exact) mass is 351 g/mol. The molecular weight excluding hydrogens is 322 g/mol. The van der Waals surface area contributed by atoms with Crippen LogP contribution in [0.1, 0.15) is 48.8 Å².